The third-order valence-electron chi connectivity index (χ3n) is 3.59. The summed E-state index contributed by atoms with van der Waals surface area (Å²) < 4.78 is 0. The molecule has 1 N–H and O–H groups in total. The third-order valence-corrected chi connectivity index (χ3v) is 3.59. The van der Waals surface area contributed by atoms with E-state index in [1.54, 1.807) is 4.90 Å². The Balaban J connectivity index is 1.84. The van der Waals surface area contributed by atoms with Crippen molar-refractivity contribution in [1.29, 1.82) is 0 Å². The zero-order valence-electron chi connectivity index (χ0n) is 13.6. The van der Waals surface area contributed by atoms with Crippen LogP contribution in [-0.4, -0.2) is 24.9 Å². The van der Waals surface area contributed by atoms with Crippen LogP contribution in [0, 0.1) is 6.92 Å². The summed E-state index contributed by atoms with van der Waals surface area (Å²) in [6.07, 6.45) is 0.353. The van der Waals surface area contributed by atoms with Gasteiger partial charge in [0.2, 0.25) is 11.8 Å². The highest BCUT2D eigenvalue weighted by Gasteiger charge is 2.11. The minimum atomic E-state index is -0.0380. The number of amides is 2. The molecule has 0 radical (unpaired) electrons. The summed E-state index contributed by atoms with van der Waals surface area (Å²) >= 11 is 0. The fraction of sp³-hybridized carbons (Fsp3) is 0.263. The van der Waals surface area contributed by atoms with E-state index in [0.717, 1.165) is 11.3 Å². The Morgan fingerprint density at radius 2 is 1.65 bits per heavy atom. The van der Waals surface area contributed by atoms with Crippen molar-refractivity contribution in [3.05, 3.63) is 65.7 Å². The summed E-state index contributed by atoms with van der Waals surface area (Å²) in [6.45, 7) is 4.43. The molecule has 0 saturated carbocycles. The maximum Gasteiger partial charge on any atom is 0.224 e. The number of hydrogen-bond donors (Lipinski definition) is 1. The lowest BCUT2D eigenvalue weighted by Gasteiger charge is -2.21. The third kappa shape index (κ3) is 5.25. The molecule has 2 rings (SSSR count). The van der Waals surface area contributed by atoms with Crippen molar-refractivity contribution in [3.8, 4) is 0 Å². The lowest BCUT2D eigenvalue weighted by Crippen LogP contribution is -2.38. The van der Waals surface area contributed by atoms with Gasteiger partial charge in [-0.05, 0) is 24.6 Å². The fourth-order valence-electron chi connectivity index (χ4n) is 2.34. The van der Waals surface area contributed by atoms with E-state index >= 15 is 0 Å². The zero-order chi connectivity index (χ0) is 16.7. The summed E-state index contributed by atoms with van der Waals surface area (Å²) in [7, 11) is 0. The van der Waals surface area contributed by atoms with Gasteiger partial charge in [0.1, 0.15) is 0 Å². The molecule has 0 bridgehead atoms. The second kappa shape index (κ2) is 8.13. The Morgan fingerprint density at radius 3 is 2.26 bits per heavy atom. The van der Waals surface area contributed by atoms with Gasteiger partial charge in [-0.2, -0.15) is 0 Å². The Labute approximate surface area is 137 Å². The van der Waals surface area contributed by atoms with Gasteiger partial charge in [-0.15, -0.1) is 0 Å². The van der Waals surface area contributed by atoms with Gasteiger partial charge in [-0.3, -0.25) is 9.59 Å². The first-order valence-electron chi connectivity index (χ1n) is 7.71. The maximum atomic E-state index is 12.0. The number of carbonyl (C=O) groups is 2. The Hall–Kier alpha value is -2.62. The molecule has 0 atom stereocenters. The van der Waals surface area contributed by atoms with Crippen molar-refractivity contribution in [3.63, 3.8) is 0 Å². The van der Waals surface area contributed by atoms with E-state index in [1.165, 1.54) is 12.5 Å². The molecule has 0 aliphatic heterocycles. The van der Waals surface area contributed by atoms with Gasteiger partial charge in [-0.25, -0.2) is 0 Å². The van der Waals surface area contributed by atoms with Crippen molar-refractivity contribution < 1.29 is 9.59 Å². The van der Waals surface area contributed by atoms with Crippen LogP contribution < -0.4 is 10.2 Å². The number of para-hydroxylation sites is 1. The SMILES string of the molecule is CC(=O)N(CCNC(=O)Cc1ccc(C)cc1)c1ccccc1. The van der Waals surface area contributed by atoms with Crippen LogP contribution in [0.4, 0.5) is 5.69 Å². The molecule has 4 nitrogen and oxygen atoms in total. The molecule has 0 saturated heterocycles. The van der Waals surface area contributed by atoms with Gasteiger partial charge in [0.25, 0.3) is 0 Å². The van der Waals surface area contributed by atoms with Crippen LogP contribution in [0.5, 0.6) is 0 Å². The summed E-state index contributed by atoms with van der Waals surface area (Å²) in [5, 5.41) is 2.87. The van der Waals surface area contributed by atoms with E-state index in [9.17, 15) is 9.59 Å². The molecule has 0 spiro atoms. The molecule has 2 amide bonds. The average molecular weight is 310 g/mol. The van der Waals surface area contributed by atoms with Gasteiger partial charge in [-0.1, -0.05) is 48.0 Å². The first-order valence-corrected chi connectivity index (χ1v) is 7.71. The smallest absolute Gasteiger partial charge is 0.224 e. The van der Waals surface area contributed by atoms with Crippen LogP contribution in [0.25, 0.3) is 0 Å². The monoisotopic (exact) mass is 310 g/mol. The van der Waals surface area contributed by atoms with Crippen molar-refractivity contribution in [2.24, 2.45) is 0 Å². The van der Waals surface area contributed by atoms with Crippen LogP contribution >= 0.6 is 0 Å². The molecule has 4 heteroatoms. The molecule has 0 aliphatic rings. The van der Waals surface area contributed by atoms with E-state index in [0.29, 0.717) is 19.5 Å². The molecule has 23 heavy (non-hydrogen) atoms. The van der Waals surface area contributed by atoms with Crippen LogP contribution in [0.2, 0.25) is 0 Å². The molecular formula is C19H22N2O2. The fourth-order valence-corrected chi connectivity index (χ4v) is 2.34. The van der Waals surface area contributed by atoms with Crippen LogP contribution in [0.15, 0.2) is 54.6 Å². The number of carbonyl (C=O) groups excluding carboxylic acids is 2. The molecule has 0 aromatic heterocycles. The molecular weight excluding hydrogens is 288 g/mol. The molecule has 0 aliphatic carbocycles. The van der Waals surface area contributed by atoms with E-state index in [1.807, 2.05) is 61.5 Å². The van der Waals surface area contributed by atoms with E-state index in [-0.39, 0.29) is 11.8 Å². The second-order valence-electron chi connectivity index (χ2n) is 5.52. The summed E-state index contributed by atoms with van der Waals surface area (Å²) in [4.78, 5) is 25.4. The first-order chi connectivity index (χ1) is 11.1. The normalized spacial score (nSPS) is 10.2. The van der Waals surface area contributed by atoms with Gasteiger partial charge >= 0.3 is 0 Å². The average Bonchev–Trinajstić information content (AvgIpc) is 2.54. The van der Waals surface area contributed by atoms with Crippen molar-refractivity contribution >= 4 is 17.5 Å². The van der Waals surface area contributed by atoms with Crippen molar-refractivity contribution in [2.75, 3.05) is 18.0 Å². The number of aryl methyl sites for hydroxylation is 1. The highest BCUT2D eigenvalue weighted by atomic mass is 16.2. The van der Waals surface area contributed by atoms with E-state index in [4.69, 9.17) is 0 Å². The predicted molar refractivity (Wildman–Crippen MR) is 92.4 cm³/mol. The number of hydrogen-bond acceptors (Lipinski definition) is 2. The van der Waals surface area contributed by atoms with Gasteiger partial charge in [0.05, 0.1) is 6.42 Å². The topological polar surface area (TPSA) is 49.4 Å². The Bertz CT molecular complexity index is 651. The lowest BCUT2D eigenvalue weighted by atomic mass is 10.1. The number of rotatable bonds is 6. The molecule has 0 unspecified atom stereocenters. The summed E-state index contributed by atoms with van der Waals surface area (Å²) in [6, 6.07) is 17.4. The number of nitrogens with zero attached hydrogens (tertiary/aromatic N) is 1. The highest BCUT2D eigenvalue weighted by Crippen LogP contribution is 2.12. The largest absolute Gasteiger partial charge is 0.354 e. The lowest BCUT2D eigenvalue weighted by molar-refractivity contribution is -0.121. The Kier molecular flexibility index (Phi) is 5.92. The van der Waals surface area contributed by atoms with Crippen LogP contribution in [-0.2, 0) is 16.0 Å². The van der Waals surface area contributed by atoms with Gasteiger partial charge < -0.3 is 10.2 Å². The first kappa shape index (κ1) is 16.7. The minimum Gasteiger partial charge on any atom is -0.354 e. The Morgan fingerprint density at radius 1 is 1.00 bits per heavy atom. The van der Waals surface area contributed by atoms with Crippen LogP contribution in [0.3, 0.4) is 0 Å². The molecule has 0 fully saturated rings. The maximum absolute atomic E-state index is 12.0. The predicted octanol–water partition coefficient (Wildman–Crippen LogP) is 2.71. The zero-order valence-corrected chi connectivity index (χ0v) is 13.6. The van der Waals surface area contributed by atoms with Crippen molar-refractivity contribution in [2.45, 2.75) is 20.3 Å². The number of nitrogens with one attached hydrogen (secondary N) is 1. The second-order valence-corrected chi connectivity index (χ2v) is 5.52. The minimum absolute atomic E-state index is 0.0367. The molecule has 120 valence electrons. The molecule has 0 heterocycles. The summed E-state index contributed by atoms with van der Waals surface area (Å²) in [5.41, 5.74) is 3.00. The van der Waals surface area contributed by atoms with E-state index in [2.05, 4.69) is 5.32 Å². The molecule has 2 aromatic carbocycles. The van der Waals surface area contributed by atoms with Gasteiger partial charge in [0.15, 0.2) is 0 Å². The van der Waals surface area contributed by atoms with Crippen molar-refractivity contribution in [1.82, 2.24) is 5.32 Å². The quantitative estimate of drug-likeness (QED) is 0.892. The highest BCUT2D eigenvalue weighted by molar-refractivity contribution is 5.91. The molecule has 2 aromatic rings. The standard InChI is InChI=1S/C19H22N2O2/c1-15-8-10-17(11-9-15)14-19(23)20-12-13-21(16(2)22)18-6-4-3-5-7-18/h3-11H,12-14H2,1-2H3,(H,20,23). The van der Waals surface area contributed by atoms with Crippen LogP contribution in [0.1, 0.15) is 18.1 Å². The van der Waals surface area contributed by atoms with Gasteiger partial charge in [0, 0.05) is 25.7 Å². The number of anilines is 1. The van der Waals surface area contributed by atoms with E-state index < -0.39 is 0 Å². The number of benzene rings is 2. The summed E-state index contributed by atoms with van der Waals surface area (Å²) in [5.74, 6) is -0.0746.